The van der Waals surface area contributed by atoms with Crippen molar-refractivity contribution < 1.29 is 14.2 Å². The smallest absolute Gasteiger partial charge is 0.126 e. The predicted molar refractivity (Wildman–Crippen MR) is 72.7 cm³/mol. The summed E-state index contributed by atoms with van der Waals surface area (Å²) in [5.41, 5.74) is 0.854. The first-order valence-electron chi connectivity index (χ1n) is 6.97. The average molecular weight is 267 g/mol. The first kappa shape index (κ1) is 14.4. The zero-order valence-electron chi connectivity index (χ0n) is 11.1. The van der Waals surface area contributed by atoms with Crippen LogP contribution in [0, 0.1) is 5.82 Å². The van der Waals surface area contributed by atoms with E-state index in [0.717, 1.165) is 31.4 Å². The number of rotatable bonds is 8. The van der Waals surface area contributed by atoms with Gasteiger partial charge < -0.3 is 15.2 Å². The molecular weight excluding hydrogens is 245 g/mol. The molecule has 1 aromatic rings. The lowest BCUT2D eigenvalue weighted by Gasteiger charge is -2.36. The van der Waals surface area contributed by atoms with Crippen molar-refractivity contribution in [1.29, 1.82) is 0 Å². The molecule has 1 saturated carbocycles. The lowest BCUT2D eigenvalue weighted by atomic mass is 9.75. The third-order valence-electron chi connectivity index (χ3n) is 3.62. The molecule has 19 heavy (non-hydrogen) atoms. The Morgan fingerprint density at radius 2 is 2.05 bits per heavy atom. The van der Waals surface area contributed by atoms with Gasteiger partial charge in [0.05, 0.1) is 13.2 Å². The van der Waals surface area contributed by atoms with E-state index >= 15 is 0 Å². The van der Waals surface area contributed by atoms with Crippen molar-refractivity contribution in [2.45, 2.75) is 31.2 Å². The number of ether oxygens (including phenoxy) is 1. The van der Waals surface area contributed by atoms with E-state index in [2.05, 4.69) is 5.32 Å². The van der Waals surface area contributed by atoms with Gasteiger partial charge in [-0.25, -0.2) is 4.39 Å². The van der Waals surface area contributed by atoms with E-state index in [-0.39, 0.29) is 12.4 Å². The molecule has 1 aromatic carbocycles. The molecule has 0 amide bonds. The first-order chi connectivity index (χ1) is 9.31. The summed E-state index contributed by atoms with van der Waals surface area (Å²) in [6.07, 6.45) is 2.97. The van der Waals surface area contributed by atoms with Crippen molar-refractivity contribution in [1.82, 2.24) is 5.32 Å². The summed E-state index contributed by atoms with van der Waals surface area (Å²) >= 11 is 0. The van der Waals surface area contributed by atoms with Crippen molar-refractivity contribution in [3.63, 3.8) is 0 Å². The summed E-state index contributed by atoms with van der Waals surface area (Å²) in [6, 6.07) is 7.56. The molecule has 0 aliphatic heterocycles. The van der Waals surface area contributed by atoms with Crippen LogP contribution < -0.4 is 5.32 Å². The van der Waals surface area contributed by atoms with Crippen molar-refractivity contribution in [2.24, 2.45) is 0 Å². The maximum absolute atomic E-state index is 13.6. The second-order valence-electron chi connectivity index (χ2n) is 5.03. The molecule has 4 heteroatoms. The first-order valence-corrected chi connectivity index (χ1v) is 6.97. The molecule has 1 aliphatic carbocycles. The molecule has 0 radical (unpaired) electrons. The number of aliphatic hydroxyl groups excluding tert-OH is 1. The average Bonchev–Trinajstić information content (AvgIpc) is 2.37. The highest BCUT2D eigenvalue weighted by Crippen LogP contribution is 2.37. The monoisotopic (exact) mass is 267 g/mol. The summed E-state index contributed by atoms with van der Waals surface area (Å²) in [6.45, 7) is 2.09. The van der Waals surface area contributed by atoms with E-state index in [0.29, 0.717) is 25.2 Å². The maximum atomic E-state index is 13.6. The van der Waals surface area contributed by atoms with Gasteiger partial charge >= 0.3 is 0 Å². The zero-order valence-corrected chi connectivity index (χ0v) is 11.1. The van der Waals surface area contributed by atoms with Gasteiger partial charge in [-0.05, 0) is 43.4 Å². The van der Waals surface area contributed by atoms with Gasteiger partial charge in [0.25, 0.3) is 0 Å². The molecule has 0 atom stereocenters. The summed E-state index contributed by atoms with van der Waals surface area (Å²) in [5.74, 6) is 0.285. The van der Waals surface area contributed by atoms with Gasteiger partial charge in [-0.2, -0.15) is 0 Å². The van der Waals surface area contributed by atoms with Crippen molar-refractivity contribution in [2.75, 3.05) is 26.4 Å². The summed E-state index contributed by atoms with van der Waals surface area (Å²) in [7, 11) is 0. The summed E-state index contributed by atoms with van der Waals surface area (Å²) in [5, 5.41) is 12.0. The van der Waals surface area contributed by atoms with Gasteiger partial charge in [0.2, 0.25) is 0 Å². The highest BCUT2D eigenvalue weighted by molar-refractivity contribution is 5.24. The van der Waals surface area contributed by atoms with Crippen LogP contribution in [0.1, 0.15) is 30.7 Å². The molecule has 0 unspecified atom stereocenters. The molecule has 0 bridgehead atoms. The number of nitrogens with one attached hydrogen (secondary N) is 1. The lowest BCUT2D eigenvalue weighted by molar-refractivity contribution is 0.0897. The summed E-state index contributed by atoms with van der Waals surface area (Å²) in [4.78, 5) is 0. The largest absolute Gasteiger partial charge is 0.394 e. The fourth-order valence-corrected chi connectivity index (χ4v) is 2.49. The van der Waals surface area contributed by atoms with Gasteiger partial charge in [0.15, 0.2) is 0 Å². The van der Waals surface area contributed by atoms with Crippen LogP contribution >= 0.6 is 0 Å². The van der Waals surface area contributed by atoms with Gasteiger partial charge in [0, 0.05) is 12.6 Å². The van der Waals surface area contributed by atoms with Crippen LogP contribution in [-0.4, -0.2) is 37.5 Å². The Kier molecular flexibility index (Phi) is 5.76. The number of aliphatic hydroxyl groups is 1. The van der Waals surface area contributed by atoms with Crippen LogP contribution in [0.4, 0.5) is 4.39 Å². The quantitative estimate of drug-likeness (QED) is 0.708. The maximum Gasteiger partial charge on any atom is 0.126 e. The second kappa shape index (κ2) is 7.58. The SMILES string of the molecule is OCCOCCCNC1CC(c2ccccc2F)C1. The van der Waals surface area contributed by atoms with Gasteiger partial charge in [-0.1, -0.05) is 18.2 Å². The molecule has 1 aliphatic rings. The number of benzene rings is 1. The van der Waals surface area contributed by atoms with Crippen molar-refractivity contribution >= 4 is 0 Å². The number of halogens is 1. The zero-order chi connectivity index (χ0) is 13.5. The summed E-state index contributed by atoms with van der Waals surface area (Å²) < 4.78 is 18.7. The molecule has 2 N–H and O–H groups in total. The van der Waals surface area contributed by atoms with E-state index < -0.39 is 0 Å². The molecule has 0 heterocycles. The van der Waals surface area contributed by atoms with Crippen LogP contribution in [0.3, 0.4) is 0 Å². The van der Waals surface area contributed by atoms with E-state index in [1.165, 1.54) is 6.07 Å². The standard InChI is InChI=1S/C15H22FNO2/c16-15-5-2-1-4-14(15)12-10-13(11-12)17-6-3-8-19-9-7-18/h1-2,4-5,12-13,17-18H,3,6-11H2. The Morgan fingerprint density at radius 1 is 1.26 bits per heavy atom. The molecule has 106 valence electrons. The van der Waals surface area contributed by atoms with E-state index in [1.54, 1.807) is 6.07 Å². The topological polar surface area (TPSA) is 41.5 Å². The van der Waals surface area contributed by atoms with Gasteiger partial charge in [0.1, 0.15) is 5.82 Å². The van der Waals surface area contributed by atoms with Gasteiger partial charge in [-0.3, -0.25) is 0 Å². The van der Waals surface area contributed by atoms with Crippen LogP contribution in [-0.2, 0) is 4.74 Å². The highest BCUT2D eigenvalue weighted by Gasteiger charge is 2.31. The van der Waals surface area contributed by atoms with Crippen molar-refractivity contribution in [3.8, 4) is 0 Å². The molecule has 0 aromatic heterocycles. The lowest BCUT2D eigenvalue weighted by Crippen LogP contribution is -2.41. The van der Waals surface area contributed by atoms with Crippen LogP contribution in [0.15, 0.2) is 24.3 Å². The van der Waals surface area contributed by atoms with Crippen LogP contribution in [0.5, 0.6) is 0 Å². The minimum atomic E-state index is -0.0802. The minimum absolute atomic E-state index is 0.0802. The van der Waals surface area contributed by atoms with Crippen molar-refractivity contribution in [3.05, 3.63) is 35.6 Å². The molecule has 0 spiro atoms. The second-order valence-corrected chi connectivity index (χ2v) is 5.03. The number of hydrogen-bond acceptors (Lipinski definition) is 3. The number of hydrogen-bond donors (Lipinski definition) is 2. The molecule has 0 saturated heterocycles. The normalized spacial score (nSPS) is 22.2. The van der Waals surface area contributed by atoms with E-state index in [9.17, 15) is 4.39 Å². The van der Waals surface area contributed by atoms with Crippen LogP contribution in [0.2, 0.25) is 0 Å². The Hall–Kier alpha value is -0.970. The van der Waals surface area contributed by atoms with Crippen LogP contribution in [0.25, 0.3) is 0 Å². The fraction of sp³-hybridized carbons (Fsp3) is 0.600. The van der Waals surface area contributed by atoms with E-state index in [4.69, 9.17) is 9.84 Å². The predicted octanol–water partition coefficient (Wildman–Crippen LogP) is 2.06. The molecule has 1 fully saturated rings. The van der Waals surface area contributed by atoms with E-state index in [1.807, 2.05) is 12.1 Å². The fourth-order valence-electron chi connectivity index (χ4n) is 2.49. The molecule has 2 rings (SSSR count). The Balaban J connectivity index is 1.58. The molecule has 3 nitrogen and oxygen atoms in total. The highest BCUT2D eigenvalue weighted by atomic mass is 19.1. The minimum Gasteiger partial charge on any atom is -0.394 e. The van der Waals surface area contributed by atoms with Gasteiger partial charge in [-0.15, -0.1) is 0 Å². The Morgan fingerprint density at radius 3 is 2.79 bits per heavy atom. The third kappa shape index (κ3) is 4.27. The molecular formula is C15H22FNO2. The Bertz CT molecular complexity index is 380. The third-order valence-corrected chi connectivity index (χ3v) is 3.62. The Labute approximate surface area is 113 Å².